The summed E-state index contributed by atoms with van der Waals surface area (Å²) in [5.41, 5.74) is 5.26. The molecule has 1 rings (SSSR count). The smallest absolute Gasteiger partial charge is 0.262 e. The largest absolute Gasteiger partial charge is 0.348 e. The van der Waals surface area contributed by atoms with E-state index in [0.717, 1.165) is 4.47 Å². The molecular formula is C9H11BrN2OS. The van der Waals surface area contributed by atoms with E-state index in [9.17, 15) is 4.79 Å². The van der Waals surface area contributed by atoms with Crippen LogP contribution in [0.25, 0.3) is 0 Å². The number of nitrogens with one attached hydrogen (secondary N) is 1. The van der Waals surface area contributed by atoms with Crippen LogP contribution < -0.4 is 11.1 Å². The molecule has 0 aliphatic heterocycles. The predicted octanol–water partition coefficient (Wildman–Crippen LogP) is 1.76. The van der Waals surface area contributed by atoms with Crippen molar-refractivity contribution in [1.82, 2.24) is 5.32 Å². The molecule has 1 amide bonds. The molecule has 0 aromatic carbocycles. The lowest BCUT2D eigenvalue weighted by atomic mass is 10.4. The normalized spacial score (nSPS) is 10.7. The van der Waals surface area contributed by atoms with Gasteiger partial charge >= 0.3 is 0 Å². The van der Waals surface area contributed by atoms with E-state index >= 15 is 0 Å². The molecule has 3 N–H and O–H groups in total. The lowest BCUT2D eigenvalue weighted by molar-refractivity contribution is 0.0961. The van der Waals surface area contributed by atoms with Gasteiger partial charge in [-0.2, -0.15) is 0 Å². The van der Waals surface area contributed by atoms with Gasteiger partial charge in [-0.1, -0.05) is 12.2 Å². The Morgan fingerprint density at radius 1 is 1.64 bits per heavy atom. The number of rotatable bonds is 4. The van der Waals surface area contributed by atoms with E-state index in [1.54, 1.807) is 0 Å². The summed E-state index contributed by atoms with van der Waals surface area (Å²) in [4.78, 5) is 12.2. The van der Waals surface area contributed by atoms with E-state index in [4.69, 9.17) is 5.73 Å². The van der Waals surface area contributed by atoms with Crippen LogP contribution in [0.3, 0.4) is 0 Å². The summed E-state index contributed by atoms with van der Waals surface area (Å²) in [7, 11) is 0. The van der Waals surface area contributed by atoms with Crippen LogP contribution in [0, 0.1) is 0 Å². The first kappa shape index (κ1) is 11.4. The number of amides is 1. The molecule has 0 unspecified atom stereocenters. The minimum absolute atomic E-state index is 0.0615. The van der Waals surface area contributed by atoms with Crippen molar-refractivity contribution in [2.45, 2.75) is 0 Å². The van der Waals surface area contributed by atoms with Gasteiger partial charge in [0, 0.05) is 17.6 Å². The Balaban J connectivity index is 2.44. The maximum Gasteiger partial charge on any atom is 0.262 e. The van der Waals surface area contributed by atoms with E-state index < -0.39 is 0 Å². The monoisotopic (exact) mass is 274 g/mol. The third-order valence-electron chi connectivity index (χ3n) is 1.51. The topological polar surface area (TPSA) is 55.1 Å². The van der Waals surface area contributed by atoms with Gasteiger partial charge in [-0.15, -0.1) is 11.3 Å². The van der Waals surface area contributed by atoms with E-state index in [0.29, 0.717) is 18.0 Å². The molecule has 0 fully saturated rings. The second-order valence-corrected chi connectivity index (χ2v) is 4.29. The summed E-state index contributed by atoms with van der Waals surface area (Å²) >= 11 is 4.71. The Kier molecular flexibility index (Phi) is 4.86. The van der Waals surface area contributed by atoms with Crippen molar-refractivity contribution in [2.75, 3.05) is 13.1 Å². The highest BCUT2D eigenvalue weighted by molar-refractivity contribution is 9.10. The zero-order valence-corrected chi connectivity index (χ0v) is 9.90. The molecule has 5 heteroatoms. The van der Waals surface area contributed by atoms with Crippen LogP contribution in [-0.2, 0) is 0 Å². The number of carbonyl (C=O) groups excluding carboxylic acids is 1. The number of hydrogen-bond donors (Lipinski definition) is 2. The van der Waals surface area contributed by atoms with Gasteiger partial charge in [0.05, 0.1) is 0 Å². The number of carbonyl (C=O) groups is 1. The van der Waals surface area contributed by atoms with Gasteiger partial charge in [0.1, 0.15) is 4.88 Å². The predicted molar refractivity (Wildman–Crippen MR) is 62.5 cm³/mol. The van der Waals surface area contributed by atoms with Crippen molar-refractivity contribution < 1.29 is 4.79 Å². The summed E-state index contributed by atoms with van der Waals surface area (Å²) in [6, 6.07) is 1.86. The van der Waals surface area contributed by atoms with Crippen molar-refractivity contribution in [3.8, 4) is 0 Å². The van der Waals surface area contributed by atoms with Crippen molar-refractivity contribution in [2.24, 2.45) is 5.73 Å². The van der Waals surface area contributed by atoms with E-state index in [1.807, 2.05) is 23.6 Å². The van der Waals surface area contributed by atoms with E-state index in [-0.39, 0.29) is 5.91 Å². The molecule has 0 saturated carbocycles. The van der Waals surface area contributed by atoms with Crippen molar-refractivity contribution in [1.29, 1.82) is 0 Å². The van der Waals surface area contributed by atoms with Crippen molar-refractivity contribution in [3.63, 3.8) is 0 Å². The molecule has 0 bridgehead atoms. The highest BCUT2D eigenvalue weighted by atomic mass is 79.9. The molecule has 14 heavy (non-hydrogen) atoms. The van der Waals surface area contributed by atoms with Gasteiger partial charge in [0.2, 0.25) is 0 Å². The minimum Gasteiger partial charge on any atom is -0.348 e. The maximum absolute atomic E-state index is 11.5. The number of hydrogen-bond acceptors (Lipinski definition) is 3. The van der Waals surface area contributed by atoms with Crippen molar-refractivity contribution in [3.05, 3.63) is 32.9 Å². The Morgan fingerprint density at radius 2 is 2.43 bits per heavy atom. The van der Waals surface area contributed by atoms with Crippen LogP contribution >= 0.6 is 27.3 Å². The third kappa shape index (κ3) is 3.25. The third-order valence-corrected chi connectivity index (χ3v) is 3.34. The molecule has 0 aliphatic carbocycles. The molecule has 76 valence electrons. The Labute approximate surface area is 95.1 Å². The van der Waals surface area contributed by atoms with E-state index in [1.165, 1.54) is 11.3 Å². The van der Waals surface area contributed by atoms with Gasteiger partial charge in [-0.3, -0.25) is 4.79 Å². The molecular weight excluding hydrogens is 264 g/mol. The molecule has 0 spiro atoms. The Bertz CT molecular complexity index is 335. The van der Waals surface area contributed by atoms with Crippen LogP contribution in [0.5, 0.6) is 0 Å². The van der Waals surface area contributed by atoms with Crippen LogP contribution in [0.4, 0.5) is 0 Å². The average molecular weight is 275 g/mol. The molecule has 0 saturated heterocycles. The lowest BCUT2D eigenvalue weighted by Gasteiger charge is -1.99. The van der Waals surface area contributed by atoms with Crippen LogP contribution in [0.15, 0.2) is 28.1 Å². The first-order chi connectivity index (χ1) is 6.75. The van der Waals surface area contributed by atoms with Crippen LogP contribution in [-0.4, -0.2) is 19.0 Å². The molecule has 3 nitrogen and oxygen atoms in total. The zero-order chi connectivity index (χ0) is 10.4. The lowest BCUT2D eigenvalue weighted by Crippen LogP contribution is -2.22. The summed E-state index contributed by atoms with van der Waals surface area (Å²) in [5.74, 6) is -0.0615. The SMILES string of the molecule is NC/C=C/CNC(=O)c1sccc1Br. The number of halogens is 1. The molecule has 1 aromatic rings. The van der Waals surface area contributed by atoms with Crippen molar-refractivity contribution >= 4 is 33.2 Å². The van der Waals surface area contributed by atoms with Crippen LogP contribution in [0.2, 0.25) is 0 Å². The van der Waals surface area contributed by atoms with Gasteiger partial charge in [0.25, 0.3) is 5.91 Å². The molecule has 0 radical (unpaired) electrons. The van der Waals surface area contributed by atoms with E-state index in [2.05, 4.69) is 21.2 Å². The number of thiophene rings is 1. The number of nitrogens with two attached hydrogens (primary N) is 1. The summed E-state index contributed by atoms with van der Waals surface area (Å²) in [6.07, 6.45) is 3.64. The molecule has 0 aliphatic rings. The van der Waals surface area contributed by atoms with Crippen LogP contribution in [0.1, 0.15) is 9.67 Å². The first-order valence-corrected chi connectivity index (χ1v) is 5.79. The highest BCUT2D eigenvalue weighted by Crippen LogP contribution is 2.21. The maximum atomic E-state index is 11.5. The summed E-state index contributed by atoms with van der Waals surface area (Å²) in [6.45, 7) is 1.01. The summed E-state index contributed by atoms with van der Waals surface area (Å²) < 4.78 is 0.836. The molecule has 0 atom stereocenters. The Hall–Kier alpha value is -0.650. The highest BCUT2D eigenvalue weighted by Gasteiger charge is 2.09. The molecule has 1 aromatic heterocycles. The second-order valence-electron chi connectivity index (χ2n) is 2.51. The van der Waals surface area contributed by atoms with Gasteiger partial charge in [0.15, 0.2) is 0 Å². The van der Waals surface area contributed by atoms with Gasteiger partial charge in [-0.25, -0.2) is 0 Å². The summed E-state index contributed by atoms with van der Waals surface area (Å²) in [5, 5.41) is 4.63. The minimum atomic E-state index is -0.0615. The zero-order valence-electron chi connectivity index (χ0n) is 7.50. The standard InChI is InChI=1S/C9H11BrN2OS/c10-7-3-6-14-8(7)9(13)12-5-2-1-4-11/h1-3,6H,4-5,11H2,(H,12,13)/b2-1+. The quantitative estimate of drug-likeness (QED) is 0.823. The molecule has 1 heterocycles. The second kappa shape index (κ2) is 5.95. The fourth-order valence-electron chi connectivity index (χ4n) is 0.867. The average Bonchev–Trinajstić information content (AvgIpc) is 2.59. The first-order valence-electron chi connectivity index (χ1n) is 4.12. The van der Waals surface area contributed by atoms with Gasteiger partial charge < -0.3 is 11.1 Å². The fourth-order valence-corrected chi connectivity index (χ4v) is 2.33. The fraction of sp³-hybridized carbons (Fsp3) is 0.222. The van der Waals surface area contributed by atoms with Gasteiger partial charge in [-0.05, 0) is 27.4 Å². The Morgan fingerprint density at radius 3 is 3.00 bits per heavy atom.